The Morgan fingerprint density at radius 2 is 1.50 bits per heavy atom. The first-order valence-electron chi connectivity index (χ1n) is 11.8. The lowest BCUT2D eigenvalue weighted by Gasteiger charge is -2.19. The standard InChI is InChI=1S/C28H34N4/c1-16(2)22-15-24(17(3)4)30-25-14-20(10-11-21(22)25)13-19(7)27-26(18(5)6)32-28-23(31-27)9-8-12-29-28/h8-12,14-19H,13H2,1-7H3. The van der Waals surface area contributed by atoms with Crippen LogP contribution in [0, 0.1) is 0 Å². The molecule has 1 unspecified atom stereocenters. The van der Waals surface area contributed by atoms with Crippen molar-refractivity contribution in [1.82, 2.24) is 19.9 Å². The molecule has 1 atom stereocenters. The zero-order valence-corrected chi connectivity index (χ0v) is 20.3. The van der Waals surface area contributed by atoms with Crippen LogP contribution in [0.4, 0.5) is 0 Å². The monoisotopic (exact) mass is 426 g/mol. The molecule has 32 heavy (non-hydrogen) atoms. The second-order valence-corrected chi connectivity index (χ2v) is 9.90. The Labute approximate surface area is 191 Å². The van der Waals surface area contributed by atoms with Crippen molar-refractivity contribution in [2.24, 2.45) is 0 Å². The summed E-state index contributed by atoms with van der Waals surface area (Å²) in [6, 6.07) is 13.0. The second-order valence-electron chi connectivity index (χ2n) is 9.90. The molecule has 0 fully saturated rings. The minimum absolute atomic E-state index is 0.250. The van der Waals surface area contributed by atoms with Crippen LogP contribution in [0.25, 0.3) is 22.1 Å². The molecule has 0 aliphatic carbocycles. The number of nitrogens with zero attached hydrogens (tertiary/aromatic N) is 4. The first-order chi connectivity index (χ1) is 15.2. The fourth-order valence-electron chi connectivity index (χ4n) is 4.38. The molecule has 4 heteroatoms. The van der Waals surface area contributed by atoms with E-state index < -0.39 is 0 Å². The SMILES string of the molecule is CC(C)c1cc(C(C)C)c2ccc(CC(C)c3nc4cccnc4nc3C(C)C)cc2n1. The van der Waals surface area contributed by atoms with E-state index in [0.717, 1.165) is 34.5 Å². The van der Waals surface area contributed by atoms with Crippen LogP contribution >= 0.6 is 0 Å². The van der Waals surface area contributed by atoms with Crippen molar-refractivity contribution >= 4 is 22.1 Å². The first kappa shape index (κ1) is 22.3. The molecule has 0 spiro atoms. The summed E-state index contributed by atoms with van der Waals surface area (Å²) < 4.78 is 0. The Balaban J connectivity index is 1.74. The molecular weight excluding hydrogens is 392 g/mol. The van der Waals surface area contributed by atoms with Crippen LogP contribution in [0.15, 0.2) is 42.6 Å². The molecule has 0 aliphatic rings. The van der Waals surface area contributed by atoms with Gasteiger partial charge in [0.15, 0.2) is 5.65 Å². The van der Waals surface area contributed by atoms with Gasteiger partial charge < -0.3 is 0 Å². The van der Waals surface area contributed by atoms with E-state index in [9.17, 15) is 0 Å². The maximum Gasteiger partial charge on any atom is 0.178 e. The first-order valence-corrected chi connectivity index (χ1v) is 11.8. The van der Waals surface area contributed by atoms with E-state index in [2.05, 4.69) is 77.7 Å². The highest BCUT2D eigenvalue weighted by Gasteiger charge is 2.19. The lowest BCUT2D eigenvalue weighted by Crippen LogP contribution is -2.10. The molecule has 4 aromatic rings. The molecule has 0 N–H and O–H groups in total. The summed E-state index contributed by atoms with van der Waals surface area (Å²) in [5, 5.41) is 1.26. The largest absolute Gasteiger partial charge is 0.253 e. The van der Waals surface area contributed by atoms with Gasteiger partial charge in [-0.25, -0.2) is 15.0 Å². The van der Waals surface area contributed by atoms with Gasteiger partial charge in [0, 0.05) is 23.2 Å². The smallest absolute Gasteiger partial charge is 0.178 e. The second kappa shape index (κ2) is 8.93. The molecule has 4 rings (SSSR count). The highest BCUT2D eigenvalue weighted by atomic mass is 14.9. The minimum Gasteiger partial charge on any atom is -0.253 e. The van der Waals surface area contributed by atoms with Gasteiger partial charge >= 0.3 is 0 Å². The Morgan fingerprint density at radius 1 is 0.719 bits per heavy atom. The Morgan fingerprint density at radius 3 is 2.19 bits per heavy atom. The third-order valence-corrected chi connectivity index (χ3v) is 6.19. The highest BCUT2D eigenvalue weighted by molar-refractivity contribution is 5.83. The molecule has 0 amide bonds. The van der Waals surface area contributed by atoms with Crippen molar-refractivity contribution in [2.75, 3.05) is 0 Å². The molecule has 4 nitrogen and oxygen atoms in total. The summed E-state index contributed by atoms with van der Waals surface area (Å²) in [4.78, 5) is 19.3. The third-order valence-electron chi connectivity index (χ3n) is 6.19. The number of rotatable bonds is 6. The summed E-state index contributed by atoms with van der Waals surface area (Å²) in [6.45, 7) is 15.5. The van der Waals surface area contributed by atoms with Gasteiger partial charge in [0.25, 0.3) is 0 Å². The van der Waals surface area contributed by atoms with Gasteiger partial charge in [-0.05, 0) is 59.6 Å². The van der Waals surface area contributed by atoms with Crippen molar-refractivity contribution < 1.29 is 0 Å². The van der Waals surface area contributed by atoms with E-state index >= 15 is 0 Å². The van der Waals surface area contributed by atoms with Gasteiger partial charge in [-0.15, -0.1) is 0 Å². The number of fused-ring (bicyclic) bond motifs is 2. The highest BCUT2D eigenvalue weighted by Crippen LogP contribution is 2.31. The van der Waals surface area contributed by atoms with Crippen LogP contribution in [0.1, 0.15) is 100 Å². The van der Waals surface area contributed by atoms with Gasteiger partial charge in [0.1, 0.15) is 5.52 Å². The Bertz CT molecular complexity index is 1260. The minimum atomic E-state index is 0.250. The molecule has 166 valence electrons. The quantitative estimate of drug-likeness (QED) is 0.325. The Kier molecular flexibility index (Phi) is 6.23. The molecule has 3 heterocycles. The fraction of sp³-hybridized carbons (Fsp3) is 0.429. The summed E-state index contributed by atoms with van der Waals surface area (Å²) in [5.74, 6) is 1.43. The third kappa shape index (κ3) is 4.36. The average molecular weight is 427 g/mol. The maximum absolute atomic E-state index is 5.01. The van der Waals surface area contributed by atoms with E-state index in [0.29, 0.717) is 17.8 Å². The average Bonchev–Trinajstić information content (AvgIpc) is 2.76. The van der Waals surface area contributed by atoms with E-state index in [1.54, 1.807) is 6.20 Å². The van der Waals surface area contributed by atoms with Crippen molar-refractivity contribution in [3.05, 3.63) is 70.8 Å². The van der Waals surface area contributed by atoms with E-state index in [-0.39, 0.29) is 5.92 Å². The fourth-order valence-corrected chi connectivity index (χ4v) is 4.38. The van der Waals surface area contributed by atoms with Crippen LogP contribution in [-0.4, -0.2) is 19.9 Å². The molecule has 0 saturated carbocycles. The summed E-state index contributed by atoms with van der Waals surface area (Å²) in [7, 11) is 0. The lowest BCUT2D eigenvalue weighted by molar-refractivity contribution is 0.687. The van der Waals surface area contributed by atoms with Gasteiger partial charge in [-0.1, -0.05) is 60.6 Å². The van der Waals surface area contributed by atoms with Crippen molar-refractivity contribution in [3.63, 3.8) is 0 Å². The number of hydrogen-bond donors (Lipinski definition) is 0. The number of benzene rings is 1. The Hall–Kier alpha value is -2.88. The molecule has 1 aromatic carbocycles. The number of pyridine rings is 2. The number of aromatic nitrogens is 4. The van der Waals surface area contributed by atoms with Crippen molar-refractivity contribution in [2.45, 2.75) is 78.6 Å². The molecular formula is C28H34N4. The van der Waals surface area contributed by atoms with E-state index in [1.165, 1.54) is 22.2 Å². The number of hydrogen-bond acceptors (Lipinski definition) is 4. The van der Waals surface area contributed by atoms with Gasteiger partial charge in [0.2, 0.25) is 0 Å². The van der Waals surface area contributed by atoms with Gasteiger partial charge in [-0.3, -0.25) is 4.98 Å². The van der Waals surface area contributed by atoms with Gasteiger partial charge in [0.05, 0.1) is 16.9 Å². The van der Waals surface area contributed by atoms with E-state index in [1.807, 2.05) is 12.1 Å². The molecule has 0 radical (unpaired) electrons. The van der Waals surface area contributed by atoms with E-state index in [4.69, 9.17) is 15.0 Å². The normalized spacial score (nSPS) is 13.1. The summed E-state index contributed by atoms with van der Waals surface area (Å²) in [6.07, 6.45) is 2.68. The van der Waals surface area contributed by atoms with Crippen LogP contribution in [0.2, 0.25) is 0 Å². The zero-order valence-electron chi connectivity index (χ0n) is 20.3. The van der Waals surface area contributed by atoms with Crippen LogP contribution < -0.4 is 0 Å². The predicted octanol–water partition coefficient (Wildman–Crippen LogP) is 7.29. The van der Waals surface area contributed by atoms with Crippen LogP contribution in [-0.2, 0) is 6.42 Å². The summed E-state index contributed by atoms with van der Waals surface area (Å²) >= 11 is 0. The van der Waals surface area contributed by atoms with Crippen LogP contribution in [0.3, 0.4) is 0 Å². The predicted molar refractivity (Wildman–Crippen MR) is 133 cm³/mol. The topological polar surface area (TPSA) is 51.6 Å². The molecule has 3 aromatic heterocycles. The van der Waals surface area contributed by atoms with Gasteiger partial charge in [-0.2, -0.15) is 0 Å². The maximum atomic E-state index is 5.01. The molecule has 0 saturated heterocycles. The van der Waals surface area contributed by atoms with Crippen LogP contribution in [0.5, 0.6) is 0 Å². The van der Waals surface area contributed by atoms with Crippen molar-refractivity contribution in [1.29, 1.82) is 0 Å². The summed E-state index contributed by atoms with van der Waals surface area (Å²) in [5.41, 5.74) is 8.65. The zero-order chi connectivity index (χ0) is 23.0. The van der Waals surface area contributed by atoms with Crippen molar-refractivity contribution in [3.8, 4) is 0 Å². The molecule has 0 bridgehead atoms. The molecule has 0 aliphatic heterocycles. The lowest BCUT2D eigenvalue weighted by atomic mass is 9.91.